The highest BCUT2D eigenvalue weighted by Crippen LogP contribution is 2.31. The molecule has 0 radical (unpaired) electrons. The van der Waals surface area contributed by atoms with Crippen molar-refractivity contribution >= 4 is 17.6 Å². The van der Waals surface area contributed by atoms with Gasteiger partial charge in [0.2, 0.25) is 0 Å². The number of rotatable bonds is 4. The molecular formula is C10H15ClN2O2. The van der Waals surface area contributed by atoms with Crippen molar-refractivity contribution < 1.29 is 9.90 Å². The number of nitrogens with zero attached hydrogens (tertiary/aromatic N) is 1. The summed E-state index contributed by atoms with van der Waals surface area (Å²) in [6.07, 6.45) is 0.0684. The Labute approximate surface area is 93.6 Å². The first-order chi connectivity index (χ1) is 6.93. The van der Waals surface area contributed by atoms with Gasteiger partial charge in [-0.2, -0.15) is 5.10 Å². The third kappa shape index (κ3) is 2.72. The highest BCUT2D eigenvalue weighted by atomic mass is 35.5. The third-order valence-electron chi connectivity index (χ3n) is 2.34. The first-order valence-electron chi connectivity index (χ1n) is 4.89. The van der Waals surface area contributed by atoms with Crippen molar-refractivity contribution in [2.75, 3.05) is 0 Å². The van der Waals surface area contributed by atoms with Gasteiger partial charge in [0.05, 0.1) is 6.42 Å². The first kappa shape index (κ1) is 12.0. The average molecular weight is 231 g/mol. The Morgan fingerprint density at radius 2 is 2.13 bits per heavy atom. The van der Waals surface area contributed by atoms with E-state index in [1.165, 1.54) is 0 Å². The monoisotopic (exact) mass is 230 g/mol. The van der Waals surface area contributed by atoms with Crippen LogP contribution in [0.2, 0.25) is 5.15 Å². The molecule has 1 rings (SSSR count). The number of carbonyl (C=O) groups is 1. The third-order valence-corrected chi connectivity index (χ3v) is 2.63. The molecule has 84 valence electrons. The molecule has 1 aromatic rings. The topological polar surface area (TPSA) is 66.0 Å². The molecule has 0 amide bonds. The lowest BCUT2D eigenvalue weighted by Gasteiger charge is -2.12. The van der Waals surface area contributed by atoms with E-state index in [1.54, 1.807) is 0 Å². The number of hydrogen-bond acceptors (Lipinski definition) is 2. The van der Waals surface area contributed by atoms with E-state index in [0.717, 1.165) is 11.3 Å². The second-order valence-corrected chi connectivity index (χ2v) is 4.35. The molecule has 0 bridgehead atoms. The normalized spacial score (nSPS) is 13.1. The van der Waals surface area contributed by atoms with Crippen LogP contribution in [0.15, 0.2) is 0 Å². The molecule has 1 atom stereocenters. The van der Waals surface area contributed by atoms with Crippen LogP contribution < -0.4 is 0 Å². The van der Waals surface area contributed by atoms with Crippen molar-refractivity contribution in [2.24, 2.45) is 0 Å². The molecule has 0 aliphatic rings. The molecule has 2 N–H and O–H groups in total. The number of hydrogen-bond donors (Lipinski definition) is 2. The smallest absolute Gasteiger partial charge is 0.303 e. The zero-order valence-corrected chi connectivity index (χ0v) is 9.80. The van der Waals surface area contributed by atoms with E-state index in [0.29, 0.717) is 5.15 Å². The van der Waals surface area contributed by atoms with Gasteiger partial charge < -0.3 is 5.11 Å². The SMILES string of the molecule is CC(C)c1[nH]nc(Cl)c1C(C)CC(=O)O. The van der Waals surface area contributed by atoms with Gasteiger partial charge in [-0.1, -0.05) is 32.4 Å². The highest BCUT2D eigenvalue weighted by Gasteiger charge is 2.21. The molecule has 15 heavy (non-hydrogen) atoms. The van der Waals surface area contributed by atoms with Crippen LogP contribution in [-0.4, -0.2) is 21.3 Å². The summed E-state index contributed by atoms with van der Waals surface area (Å²) in [5.74, 6) is -0.683. The predicted molar refractivity (Wildman–Crippen MR) is 58.4 cm³/mol. The molecule has 0 fully saturated rings. The molecule has 0 saturated carbocycles. The Bertz CT molecular complexity index is 360. The summed E-state index contributed by atoms with van der Waals surface area (Å²) in [7, 11) is 0. The number of halogens is 1. The van der Waals surface area contributed by atoms with Crippen LogP contribution in [0.25, 0.3) is 0 Å². The van der Waals surface area contributed by atoms with Crippen molar-refractivity contribution in [2.45, 2.75) is 39.0 Å². The Morgan fingerprint density at radius 3 is 2.60 bits per heavy atom. The minimum atomic E-state index is -0.825. The van der Waals surface area contributed by atoms with Crippen LogP contribution in [-0.2, 0) is 4.79 Å². The maximum absolute atomic E-state index is 10.6. The Morgan fingerprint density at radius 1 is 1.53 bits per heavy atom. The van der Waals surface area contributed by atoms with E-state index in [1.807, 2.05) is 20.8 Å². The number of aromatic nitrogens is 2. The Hall–Kier alpha value is -1.03. The lowest BCUT2D eigenvalue weighted by atomic mass is 9.94. The van der Waals surface area contributed by atoms with Gasteiger partial charge >= 0.3 is 5.97 Å². The lowest BCUT2D eigenvalue weighted by Crippen LogP contribution is -2.05. The van der Waals surface area contributed by atoms with Gasteiger partial charge in [0.1, 0.15) is 0 Å². The fourth-order valence-electron chi connectivity index (χ4n) is 1.61. The van der Waals surface area contributed by atoms with Crippen LogP contribution in [0.5, 0.6) is 0 Å². The van der Waals surface area contributed by atoms with Gasteiger partial charge in [-0.15, -0.1) is 0 Å². The van der Waals surface area contributed by atoms with Crippen LogP contribution in [0, 0.1) is 0 Å². The van der Waals surface area contributed by atoms with Gasteiger partial charge in [0.15, 0.2) is 5.15 Å². The molecule has 0 spiro atoms. The average Bonchev–Trinajstić information content (AvgIpc) is 2.45. The number of carboxylic acid groups (broad SMARTS) is 1. The number of nitrogens with one attached hydrogen (secondary N) is 1. The van der Waals surface area contributed by atoms with Crippen LogP contribution in [0.3, 0.4) is 0 Å². The van der Waals surface area contributed by atoms with E-state index in [9.17, 15) is 4.79 Å². The number of carboxylic acids is 1. The van der Waals surface area contributed by atoms with Gasteiger partial charge in [-0.05, 0) is 11.8 Å². The summed E-state index contributed by atoms with van der Waals surface area (Å²) in [6.45, 7) is 5.87. The molecule has 5 heteroatoms. The van der Waals surface area contributed by atoms with Gasteiger partial charge in [0.25, 0.3) is 0 Å². The van der Waals surface area contributed by atoms with Crippen molar-refractivity contribution in [3.8, 4) is 0 Å². The van der Waals surface area contributed by atoms with Crippen molar-refractivity contribution in [3.05, 3.63) is 16.4 Å². The Balaban J connectivity index is 3.00. The van der Waals surface area contributed by atoms with Gasteiger partial charge in [-0.25, -0.2) is 0 Å². The number of H-pyrrole nitrogens is 1. The molecule has 4 nitrogen and oxygen atoms in total. The standard InChI is InChI=1S/C10H15ClN2O2/c1-5(2)9-8(10(11)13-12-9)6(3)4-7(14)15/h5-6H,4H2,1-3H3,(H,12,13)(H,14,15). The van der Waals surface area contributed by atoms with E-state index in [4.69, 9.17) is 16.7 Å². The molecule has 1 aromatic heterocycles. The predicted octanol–water partition coefficient (Wildman–Crippen LogP) is 2.76. The number of aromatic amines is 1. The summed E-state index contributed by atoms with van der Waals surface area (Å²) in [5, 5.41) is 15.9. The van der Waals surface area contributed by atoms with Crippen molar-refractivity contribution in [3.63, 3.8) is 0 Å². The molecular weight excluding hydrogens is 216 g/mol. The van der Waals surface area contributed by atoms with Crippen molar-refractivity contribution in [1.29, 1.82) is 0 Å². The second kappa shape index (κ2) is 4.66. The summed E-state index contributed by atoms with van der Waals surface area (Å²) in [5.41, 5.74) is 1.75. The molecule has 0 aromatic carbocycles. The Kier molecular flexibility index (Phi) is 3.74. The van der Waals surface area contributed by atoms with E-state index >= 15 is 0 Å². The molecule has 0 aliphatic heterocycles. The molecule has 1 heterocycles. The quantitative estimate of drug-likeness (QED) is 0.836. The molecule has 1 unspecified atom stereocenters. The maximum Gasteiger partial charge on any atom is 0.303 e. The summed E-state index contributed by atoms with van der Waals surface area (Å²) in [4.78, 5) is 10.6. The van der Waals surface area contributed by atoms with E-state index in [-0.39, 0.29) is 18.3 Å². The largest absolute Gasteiger partial charge is 0.481 e. The lowest BCUT2D eigenvalue weighted by molar-refractivity contribution is -0.137. The minimum Gasteiger partial charge on any atom is -0.481 e. The van der Waals surface area contributed by atoms with Crippen molar-refractivity contribution in [1.82, 2.24) is 10.2 Å². The summed E-state index contributed by atoms with van der Waals surface area (Å²) < 4.78 is 0. The van der Waals surface area contributed by atoms with Crippen LogP contribution >= 0.6 is 11.6 Å². The number of aliphatic carboxylic acids is 1. The van der Waals surface area contributed by atoms with E-state index < -0.39 is 5.97 Å². The zero-order chi connectivity index (χ0) is 11.6. The van der Waals surface area contributed by atoms with E-state index in [2.05, 4.69) is 10.2 Å². The highest BCUT2D eigenvalue weighted by molar-refractivity contribution is 6.30. The summed E-state index contributed by atoms with van der Waals surface area (Å²) >= 11 is 5.93. The van der Waals surface area contributed by atoms with Gasteiger partial charge in [0, 0.05) is 11.3 Å². The molecule has 0 saturated heterocycles. The fraction of sp³-hybridized carbons (Fsp3) is 0.600. The fourth-order valence-corrected chi connectivity index (χ4v) is 1.94. The zero-order valence-electron chi connectivity index (χ0n) is 9.04. The minimum absolute atomic E-state index is 0.0684. The first-order valence-corrected chi connectivity index (χ1v) is 5.26. The van der Waals surface area contributed by atoms with Crippen LogP contribution in [0.1, 0.15) is 50.3 Å². The second-order valence-electron chi connectivity index (χ2n) is 4.00. The van der Waals surface area contributed by atoms with Crippen LogP contribution in [0.4, 0.5) is 0 Å². The maximum atomic E-state index is 10.6. The molecule has 0 aliphatic carbocycles. The van der Waals surface area contributed by atoms with Gasteiger partial charge in [-0.3, -0.25) is 9.89 Å². The summed E-state index contributed by atoms with van der Waals surface area (Å²) in [6, 6.07) is 0.